The molecule has 0 spiro atoms. The molecule has 2 rings (SSSR count). The first-order valence-corrected chi connectivity index (χ1v) is 3.84. The van der Waals surface area contributed by atoms with Crippen molar-refractivity contribution in [2.24, 2.45) is 0 Å². The van der Waals surface area contributed by atoms with Crippen LogP contribution in [0.5, 0.6) is 0 Å². The molecule has 0 saturated carbocycles. The summed E-state index contributed by atoms with van der Waals surface area (Å²) >= 11 is 0. The minimum atomic E-state index is 0.555. The number of rotatable bonds is 2. The predicted octanol–water partition coefficient (Wildman–Crippen LogP) is 0.417. The van der Waals surface area contributed by atoms with E-state index in [1.807, 2.05) is 6.07 Å². The van der Waals surface area contributed by atoms with Crippen molar-refractivity contribution in [3.8, 4) is 0 Å². The Morgan fingerprint density at radius 1 is 1.54 bits per heavy atom. The molecular weight excluding hydrogens is 168 g/mol. The second-order valence-corrected chi connectivity index (χ2v) is 2.56. The van der Waals surface area contributed by atoms with E-state index in [9.17, 15) is 4.79 Å². The zero-order valence-corrected chi connectivity index (χ0v) is 7.06. The van der Waals surface area contributed by atoms with Crippen LogP contribution in [0.3, 0.4) is 0 Å². The van der Waals surface area contributed by atoms with Gasteiger partial charge in [-0.05, 0) is 17.3 Å². The third-order valence-electron chi connectivity index (χ3n) is 1.85. The van der Waals surface area contributed by atoms with Crippen LogP contribution in [0.2, 0.25) is 0 Å². The zero-order valence-electron chi connectivity index (χ0n) is 7.06. The van der Waals surface area contributed by atoms with Crippen LogP contribution in [0, 0.1) is 0 Å². The molecule has 66 valence electrons. The number of nitrogens with one attached hydrogen (secondary N) is 1. The minimum Gasteiger partial charge on any atom is -0.311 e. The number of aldehydes is 1. The van der Waals surface area contributed by atoms with Crippen LogP contribution >= 0.6 is 0 Å². The van der Waals surface area contributed by atoms with Crippen molar-refractivity contribution in [3.05, 3.63) is 23.8 Å². The van der Waals surface area contributed by atoms with Gasteiger partial charge in [-0.3, -0.25) is 4.79 Å². The second-order valence-electron chi connectivity index (χ2n) is 2.56. The Labute approximate surface area is 74.3 Å². The number of carbonyl (C=O) groups excluding carboxylic acids is 1. The molecule has 0 aliphatic carbocycles. The van der Waals surface area contributed by atoms with Gasteiger partial charge in [-0.25, -0.2) is 0 Å². The van der Waals surface area contributed by atoms with Gasteiger partial charge < -0.3 is 5.43 Å². The first-order valence-electron chi connectivity index (χ1n) is 3.84. The van der Waals surface area contributed by atoms with E-state index >= 15 is 0 Å². The van der Waals surface area contributed by atoms with E-state index in [2.05, 4.69) is 15.7 Å². The molecule has 0 radical (unpaired) electrons. The van der Waals surface area contributed by atoms with Gasteiger partial charge >= 0.3 is 0 Å². The number of fused-ring (bicyclic) bond motifs is 1. The number of nitrogens with zero attached hydrogens (tertiary/aromatic N) is 3. The lowest BCUT2D eigenvalue weighted by Gasteiger charge is -1.97. The lowest BCUT2D eigenvalue weighted by atomic mass is 10.2. The summed E-state index contributed by atoms with van der Waals surface area (Å²) in [5.41, 5.74) is 4.80. The van der Waals surface area contributed by atoms with Gasteiger partial charge in [-0.2, -0.15) is 4.79 Å². The van der Waals surface area contributed by atoms with E-state index < -0.39 is 0 Å². The molecule has 0 bridgehead atoms. The molecule has 0 fully saturated rings. The fourth-order valence-electron chi connectivity index (χ4n) is 1.23. The van der Waals surface area contributed by atoms with E-state index in [1.165, 1.54) is 4.79 Å². The molecule has 0 aliphatic heterocycles. The summed E-state index contributed by atoms with van der Waals surface area (Å²) < 4.78 is 0. The summed E-state index contributed by atoms with van der Waals surface area (Å²) in [5, 5.41) is 7.70. The highest BCUT2D eigenvalue weighted by atomic mass is 16.1. The molecule has 1 N–H and O–H groups in total. The molecule has 5 nitrogen and oxygen atoms in total. The number of aromatic nitrogens is 3. The van der Waals surface area contributed by atoms with Gasteiger partial charge in [0.25, 0.3) is 0 Å². The number of hydrogen-bond acceptors (Lipinski definition) is 4. The Balaban J connectivity index is 2.79. The summed E-state index contributed by atoms with van der Waals surface area (Å²) in [6.07, 6.45) is 0.775. The van der Waals surface area contributed by atoms with Gasteiger partial charge in [0.1, 0.15) is 11.0 Å². The molecule has 0 saturated heterocycles. The van der Waals surface area contributed by atoms with Crippen LogP contribution < -0.4 is 5.43 Å². The summed E-state index contributed by atoms with van der Waals surface area (Å²) in [6, 6.07) is 5.35. The molecule has 1 heterocycles. The van der Waals surface area contributed by atoms with Crippen molar-refractivity contribution < 1.29 is 4.79 Å². The average molecular weight is 176 g/mol. The lowest BCUT2D eigenvalue weighted by molar-refractivity contribution is 0.112. The van der Waals surface area contributed by atoms with E-state index in [-0.39, 0.29) is 0 Å². The van der Waals surface area contributed by atoms with Crippen molar-refractivity contribution in [2.75, 3.05) is 12.5 Å². The fraction of sp³-hybridized carbons (Fsp3) is 0.125. The van der Waals surface area contributed by atoms with Crippen LogP contribution in [0.4, 0.5) is 0 Å². The van der Waals surface area contributed by atoms with Gasteiger partial charge in [0, 0.05) is 12.6 Å². The first-order chi connectivity index (χ1) is 6.36. The van der Waals surface area contributed by atoms with E-state index in [0.717, 1.165) is 11.8 Å². The monoisotopic (exact) mass is 176 g/mol. The maximum Gasteiger partial charge on any atom is 0.152 e. The van der Waals surface area contributed by atoms with E-state index in [0.29, 0.717) is 11.1 Å². The average Bonchev–Trinajstić information content (AvgIpc) is 2.60. The van der Waals surface area contributed by atoms with Crippen LogP contribution in [0.15, 0.2) is 18.2 Å². The summed E-state index contributed by atoms with van der Waals surface area (Å²) in [7, 11) is 1.74. The fourth-order valence-corrected chi connectivity index (χ4v) is 1.23. The molecule has 0 unspecified atom stereocenters. The predicted molar refractivity (Wildman–Crippen MR) is 48.2 cm³/mol. The number of benzene rings is 1. The third kappa shape index (κ3) is 1.05. The highest BCUT2D eigenvalue weighted by Crippen LogP contribution is 2.12. The Hall–Kier alpha value is -1.91. The number of hydrogen-bond donors (Lipinski definition) is 1. The Morgan fingerprint density at radius 3 is 3.08 bits per heavy atom. The molecule has 0 aliphatic rings. The molecular formula is C8H8N4O. The first kappa shape index (κ1) is 7.72. The Bertz CT molecular complexity index is 448. The van der Waals surface area contributed by atoms with Crippen molar-refractivity contribution in [1.29, 1.82) is 0 Å². The normalized spacial score (nSPS) is 10.2. The molecule has 1 aromatic heterocycles. The van der Waals surface area contributed by atoms with Gasteiger partial charge in [0.15, 0.2) is 6.29 Å². The largest absolute Gasteiger partial charge is 0.311 e. The van der Waals surface area contributed by atoms with Crippen LogP contribution in [-0.4, -0.2) is 28.4 Å². The standard InChI is InChI=1S/C8H8N4O/c1-9-12-7-4-2-3-6(5-13)8(7)10-11-12/h2-5,9H,1H3. The van der Waals surface area contributed by atoms with Crippen molar-refractivity contribution in [2.45, 2.75) is 0 Å². The maximum atomic E-state index is 10.6. The second kappa shape index (κ2) is 2.85. The quantitative estimate of drug-likeness (QED) is 0.673. The van der Waals surface area contributed by atoms with Crippen LogP contribution in [0.1, 0.15) is 10.4 Å². The highest BCUT2D eigenvalue weighted by Gasteiger charge is 2.06. The molecule has 5 heteroatoms. The van der Waals surface area contributed by atoms with Gasteiger partial charge in [-0.1, -0.05) is 6.07 Å². The van der Waals surface area contributed by atoms with Gasteiger partial charge in [-0.15, -0.1) is 5.10 Å². The molecule has 2 aromatic rings. The molecule has 1 aromatic carbocycles. The maximum absolute atomic E-state index is 10.6. The summed E-state index contributed by atoms with van der Waals surface area (Å²) in [5.74, 6) is 0. The molecule has 0 amide bonds. The van der Waals surface area contributed by atoms with Gasteiger partial charge in [0.2, 0.25) is 0 Å². The Kier molecular flexibility index (Phi) is 1.70. The van der Waals surface area contributed by atoms with Crippen LogP contribution in [0.25, 0.3) is 11.0 Å². The topological polar surface area (TPSA) is 59.8 Å². The molecule has 0 atom stereocenters. The lowest BCUT2D eigenvalue weighted by Crippen LogP contribution is -2.09. The van der Waals surface area contributed by atoms with Crippen LogP contribution in [-0.2, 0) is 0 Å². The van der Waals surface area contributed by atoms with Gasteiger partial charge in [0.05, 0.1) is 0 Å². The SMILES string of the molecule is CNn1nnc2c(C=O)cccc21. The van der Waals surface area contributed by atoms with Crippen molar-refractivity contribution >= 4 is 17.3 Å². The van der Waals surface area contributed by atoms with Crippen molar-refractivity contribution in [1.82, 2.24) is 15.1 Å². The number of carbonyl (C=O) groups is 1. The summed E-state index contributed by atoms with van der Waals surface area (Å²) in [6.45, 7) is 0. The molecule has 13 heavy (non-hydrogen) atoms. The minimum absolute atomic E-state index is 0.555. The zero-order chi connectivity index (χ0) is 9.26. The smallest absolute Gasteiger partial charge is 0.152 e. The third-order valence-corrected chi connectivity index (χ3v) is 1.85. The Morgan fingerprint density at radius 2 is 2.38 bits per heavy atom. The van der Waals surface area contributed by atoms with E-state index in [4.69, 9.17) is 0 Å². The summed E-state index contributed by atoms with van der Waals surface area (Å²) in [4.78, 5) is 12.1. The highest BCUT2D eigenvalue weighted by molar-refractivity contribution is 5.93. The van der Waals surface area contributed by atoms with E-state index in [1.54, 1.807) is 19.2 Å². The van der Waals surface area contributed by atoms with Crippen molar-refractivity contribution in [3.63, 3.8) is 0 Å².